The summed E-state index contributed by atoms with van der Waals surface area (Å²) >= 11 is 1.89. The van der Waals surface area contributed by atoms with E-state index in [0.717, 1.165) is 29.4 Å². The summed E-state index contributed by atoms with van der Waals surface area (Å²) in [7, 11) is 1.66. The van der Waals surface area contributed by atoms with Gasteiger partial charge in [0.05, 0.1) is 25.4 Å². The molecular weight excluding hydrogens is 276 g/mol. The number of para-hydroxylation sites is 1. The van der Waals surface area contributed by atoms with Gasteiger partial charge in [-0.1, -0.05) is 18.2 Å². The quantitative estimate of drug-likeness (QED) is 0.450. The zero-order valence-electron chi connectivity index (χ0n) is 11.7. The van der Waals surface area contributed by atoms with Crippen molar-refractivity contribution in [1.29, 1.82) is 0 Å². The average molecular weight is 298 g/mol. The summed E-state index contributed by atoms with van der Waals surface area (Å²) < 4.78 is 16.6. The van der Waals surface area contributed by atoms with Crippen LogP contribution in [0.3, 0.4) is 0 Å². The van der Waals surface area contributed by atoms with Crippen molar-refractivity contribution < 1.29 is 14.2 Å². The minimum atomic E-state index is -0.0680. The molecule has 1 heterocycles. The van der Waals surface area contributed by atoms with Crippen LogP contribution in [0.5, 0.6) is 5.75 Å². The standard InChI is InChI=1S/C14H22N2O3S/c1-17-6-7-18-12-5-3-2-4-11(12)14(16-15)13-10-20-9-8-19-13/h2-5,13-14,16H,6-10,15H2,1H3. The molecule has 2 rings (SSSR count). The normalized spacial score (nSPS) is 20.6. The number of nitrogens with two attached hydrogens (primary N) is 1. The lowest BCUT2D eigenvalue weighted by atomic mass is 10.0. The van der Waals surface area contributed by atoms with Crippen molar-refractivity contribution in [2.45, 2.75) is 12.1 Å². The Balaban J connectivity index is 2.11. The van der Waals surface area contributed by atoms with E-state index in [1.807, 2.05) is 36.0 Å². The minimum Gasteiger partial charge on any atom is -0.491 e. The summed E-state index contributed by atoms with van der Waals surface area (Å²) in [5.41, 5.74) is 3.90. The molecule has 0 aromatic heterocycles. The van der Waals surface area contributed by atoms with Crippen LogP contribution in [0, 0.1) is 0 Å². The second kappa shape index (κ2) is 8.49. The third-order valence-corrected chi connectivity index (χ3v) is 4.21. The number of thioether (sulfide) groups is 1. The maximum Gasteiger partial charge on any atom is 0.124 e. The fourth-order valence-corrected chi connectivity index (χ4v) is 3.10. The second-order valence-corrected chi connectivity index (χ2v) is 5.66. The first-order valence-electron chi connectivity index (χ1n) is 6.73. The first-order chi connectivity index (χ1) is 9.86. The van der Waals surface area contributed by atoms with E-state index < -0.39 is 0 Å². The third-order valence-electron chi connectivity index (χ3n) is 3.19. The Hall–Kier alpha value is -0.790. The Kier molecular flexibility index (Phi) is 6.62. The van der Waals surface area contributed by atoms with Crippen molar-refractivity contribution >= 4 is 11.8 Å². The number of benzene rings is 1. The van der Waals surface area contributed by atoms with Gasteiger partial charge in [0, 0.05) is 24.2 Å². The molecule has 2 atom stereocenters. The molecule has 0 bridgehead atoms. The molecule has 0 radical (unpaired) electrons. The van der Waals surface area contributed by atoms with Gasteiger partial charge in [0.2, 0.25) is 0 Å². The predicted octanol–water partition coefficient (Wildman–Crippen LogP) is 1.35. The average Bonchev–Trinajstić information content (AvgIpc) is 2.51. The summed E-state index contributed by atoms with van der Waals surface area (Å²) in [5.74, 6) is 8.54. The van der Waals surface area contributed by atoms with Gasteiger partial charge in [0.25, 0.3) is 0 Å². The summed E-state index contributed by atoms with van der Waals surface area (Å²) in [4.78, 5) is 0. The highest BCUT2D eigenvalue weighted by molar-refractivity contribution is 7.99. The van der Waals surface area contributed by atoms with Gasteiger partial charge in [-0.15, -0.1) is 0 Å². The molecule has 1 aliphatic heterocycles. The molecule has 20 heavy (non-hydrogen) atoms. The first kappa shape index (κ1) is 15.6. The van der Waals surface area contributed by atoms with Crippen molar-refractivity contribution in [3.05, 3.63) is 29.8 Å². The number of hydrazine groups is 1. The molecule has 1 aromatic rings. The number of ether oxygens (including phenoxy) is 3. The molecule has 0 saturated carbocycles. The van der Waals surface area contributed by atoms with Gasteiger partial charge in [0.15, 0.2) is 0 Å². The zero-order valence-corrected chi connectivity index (χ0v) is 12.5. The third kappa shape index (κ3) is 4.10. The Morgan fingerprint density at radius 1 is 1.45 bits per heavy atom. The molecule has 112 valence electrons. The van der Waals surface area contributed by atoms with Crippen LogP contribution in [0.15, 0.2) is 24.3 Å². The van der Waals surface area contributed by atoms with E-state index in [1.54, 1.807) is 7.11 Å². The van der Waals surface area contributed by atoms with E-state index in [9.17, 15) is 0 Å². The first-order valence-corrected chi connectivity index (χ1v) is 7.88. The van der Waals surface area contributed by atoms with Crippen molar-refractivity contribution in [1.82, 2.24) is 5.43 Å². The summed E-state index contributed by atoms with van der Waals surface area (Å²) in [6.07, 6.45) is 0.0610. The second-order valence-electron chi connectivity index (χ2n) is 4.51. The Morgan fingerprint density at radius 2 is 2.30 bits per heavy atom. The Labute approximate surface area is 124 Å². The number of methoxy groups -OCH3 is 1. The minimum absolute atomic E-state index is 0.0610. The van der Waals surface area contributed by atoms with Gasteiger partial charge < -0.3 is 14.2 Å². The van der Waals surface area contributed by atoms with Gasteiger partial charge >= 0.3 is 0 Å². The van der Waals surface area contributed by atoms with Gasteiger partial charge in [0.1, 0.15) is 12.4 Å². The van der Waals surface area contributed by atoms with E-state index >= 15 is 0 Å². The van der Waals surface area contributed by atoms with Crippen LogP contribution in [0.2, 0.25) is 0 Å². The smallest absolute Gasteiger partial charge is 0.124 e. The van der Waals surface area contributed by atoms with Crippen molar-refractivity contribution in [3.63, 3.8) is 0 Å². The topological polar surface area (TPSA) is 65.7 Å². The molecule has 5 nitrogen and oxygen atoms in total. The maximum absolute atomic E-state index is 5.82. The van der Waals surface area contributed by atoms with E-state index in [4.69, 9.17) is 20.1 Å². The molecule has 6 heteroatoms. The summed E-state index contributed by atoms with van der Waals surface area (Å²) in [6.45, 7) is 1.84. The summed E-state index contributed by atoms with van der Waals surface area (Å²) in [5, 5.41) is 0. The van der Waals surface area contributed by atoms with E-state index in [1.165, 1.54) is 0 Å². The van der Waals surface area contributed by atoms with Crippen LogP contribution < -0.4 is 16.0 Å². The van der Waals surface area contributed by atoms with Crippen LogP contribution in [-0.4, -0.2) is 44.5 Å². The molecule has 1 aliphatic rings. The van der Waals surface area contributed by atoms with Crippen LogP contribution in [0.1, 0.15) is 11.6 Å². The highest BCUT2D eigenvalue weighted by Crippen LogP contribution is 2.31. The van der Waals surface area contributed by atoms with Gasteiger partial charge in [-0.3, -0.25) is 11.3 Å². The number of hydrogen-bond donors (Lipinski definition) is 2. The molecule has 0 spiro atoms. The van der Waals surface area contributed by atoms with E-state index in [0.29, 0.717) is 13.2 Å². The van der Waals surface area contributed by atoms with Crippen LogP contribution in [0.4, 0.5) is 0 Å². The Bertz CT molecular complexity index is 400. The molecule has 3 N–H and O–H groups in total. The van der Waals surface area contributed by atoms with Crippen molar-refractivity contribution in [3.8, 4) is 5.75 Å². The van der Waals surface area contributed by atoms with Gasteiger partial charge in [-0.25, -0.2) is 0 Å². The SMILES string of the molecule is COCCOc1ccccc1C(NN)C1CSCCO1. The van der Waals surface area contributed by atoms with Crippen LogP contribution in [0.25, 0.3) is 0 Å². The molecule has 1 saturated heterocycles. The van der Waals surface area contributed by atoms with E-state index in [-0.39, 0.29) is 12.1 Å². The van der Waals surface area contributed by atoms with E-state index in [2.05, 4.69) is 5.43 Å². The maximum atomic E-state index is 5.82. The molecule has 0 amide bonds. The fraction of sp³-hybridized carbons (Fsp3) is 0.571. The van der Waals surface area contributed by atoms with Crippen LogP contribution in [-0.2, 0) is 9.47 Å². The number of rotatable bonds is 7. The highest BCUT2D eigenvalue weighted by atomic mass is 32.2. The van der Waals surface area contributed by atoms with Gasteiger partial charge in [-0.2, -0.15) is 11.8 Å². The monoisotopic (exact) mass is 298 g/mol. The molecule has 2 unspecified atom stereocenters. The lowest BCUT2D eigenvalue weighted by Gasteiger charge is -2.30. The summed E-state index contributed by atoms with van der Waals surface area (Å²) in [6, 6.07) is 7.84. The lowest BCUT2D eigenvalue weighted by molar-refractivity contribution is 0.0457. The zero-order chi connectivity index (χ0) is 14.2. The molecule has 1 aromatic carbocycles. The number of hydrogen-bond acceptors (Lipinski definition) is 6. The highest BCUT2D eigenvalue weighted by Gasteiger charge is 2.27. The fourth-order valence-electron chi connectivity index (χ4n) is 2.20. The van der Waals surface area contributed by atoms with Crippen molar-refractivity contribution in [2.75, 3.05) is 38.4 Å². The molecular formula is C14H22N2O3S. The Morgan fingerprint density at radius 3 is 3.00 bits per heavy atom. The number of nitrogens with one attached hydrogen (secondary N) is 1. The van der Waals surface area contributed by atoms with Crippen molar-refractivity contribution in [2.24, 2.45) is 5.84 Å². The molecule has 1 fully saturated rings. The van der Waals surface area contributed by atoms with Gasteiger partial charge in [-0.05, 0) is 6.07 Å². The predicted molar refractivity (Wildman–Crippen MR) is 80.9 cm³/mol. The largest absolute Gasteiger partial charge is 0.491 e. The molecule has 0 aliphatic carbocycles. The lowest BCUT2D eigenvalue weighted by Crippen LogP contribution is -2.41. The van der Waals surface area contributed by atoms with Crippen LogP contribution >= 0.6 is 11.8 Å².